The van der Waals surface area contributed by atoms with Crippen molar-refractivity contribution in [1.29, 1.82) is 0 Å². The summed E-state index contributed by atoms with van der Waals surface area (Å²) < 4.78 is 29.0. The first-order valence-electron chi connectivity index (χ1n) is 8.77. The van der Waals surface area contributed by atoms with E-state index in [0.717, 1.165) is 14.3 Å². The lowest BCUT2D eigenvalue weighted by Gasteiger charge is -2.23. The molecular formula is C21H17Br2N3O3S. The van der Waals surface area contributed by atoms with E-state index in [0.29, 0.717) is 10.2 Å². The molecule has 3 aromatic rings. The summed E-state index contributed by atoms with van der Waals surface area (Å²) in [6, 6.07) is 22.1. The van der Waals surface area contributed by atoms with Crippen LogP contribution in [0.1, 0.15) is 5.56 Å². The first-order valence-corrected chi connectivity index (χ1v) is 11.8. The average molecular weight is 551 g/mol. The summed E-state index contributed by atoms with van der Waals surface area (Å²) in [7, 11) is -3.96. The van der Waals surface area contributed by atoms with Crippen molar-refractivity contribution >= 4 is 59.7 Å². The summed E-state index contributed by atoms with van der Waals surface area (Å²) in [6.45, 7) is -0.427. The molecule has 0 saturated heterocycles. The molecule has 0 unspecified atom stereocenters. The first kappa shape index (κ1) is 22.2. The van der Waals surface area contributed by atoms with E-state index < -0.39 is 22.5 Å². The Hall–Kier alpha value is -2.49. The Morgan fingerprint density at radius 1 is 0.933 bits per heavy atom. The Kier molecular flexibility index (Phi) is 7.41. The van der Waals surface area contributed by atoms with Crippen LogP contribution < -0.4 is 9.73 Å². The molecule has 0 aliphatic carbocycles. The number of halogens is 2. The molecule has 0 bridgehead atoms. The predicted octanol–water partition coefficient (Wildman–Crippen LogP) is 4.56. The molecule has 0 heterocycles. The van der Waals surface area contributed by atoms with Crippen molar-refractivity contribution in [3.05, 3.63) is 93.4 Å². The van der Waals surface area contributed by atoms with E-state index in [9.17, 15) is 13.2 Å². The van der Waals surface area contributed by atoms with Crippen LogP contribution in [-0.2, 0) is 14.8 Å². The topological polar surface area (TPSA) is 78.8 Å². The van der Waals surface area contributed by atoms with Gasteiger partial charge in [0.15, 0.2) is 0 Å². The average Bonchev–Trinajstić information content (AvgIpc) is 2.72. The molecule has 1 N–H and O–H groups in total. The van der Waals surface area contributed by atoms with Crippen LogP contribution in [0.2, 0.25) is 0 Å². The molecule has 3 aromatic carbocycles. The fourth-order valence-electron chi connectivity index (χ4n) is 2.60. The van der Waals surface area contributed by atoms with Crippen LogP contribution in [-0.4, -0.2) is 27.1 Å². The third-order valence-corrected chi connectivity index (χ3v) is 6.74. The number of benzene rings is 3. The van der Waals surface area contributed by atoms with Gasteiger partial charge in [-0.05, 0) is 48.0 Å². The van der Waals surface area contributed by atoms with Crippen LogP contribution in [0.25, 0.3) is 0 Å². The van der Waals surface area contributed by atoms with Crippen molar-refractivity contribution in [2.45, 2.75) is 4.90 Å². The highest BCUT2D eigenvalue weighted by atomic mass is 79.9. The molecule has 1 amide bonds. The second-order valence-electron chi connectivity index (χ2n) is 6.15. The highest BCUT2D eigenvalue weighted by Crippen LogP contribution is 2.26. The van der Waals surface area contributed by atoms with Crippen molar-refractivity contribution in [3.8, 4) is 0 Å². The number of carbonyl (C=O) groups is 1. The summed E-state index contributed by atoms with van der Waals surface area (Å²) in [4.78, 5) is 12.6. The van der Waals surface area contributed by atoms with Gasteiger partial charge in [-0.15, -0.1) is 0 Å². The van der Waals surface area contributed by atoms with Gasteiger partial charge in [0.1, 0.15) is 6.54 Å². The molecule has 0 fully saturated rings. The van der Waals surface area contributed by atoms with Crippen LogP contribution in [0.15, 0.2) is 97.8 Å². The van der Waals surface area contributed by atoms with Crippen LogP contribution in [0.4, 0.5) is 5.69 Å². The van der Waals surface area contributed by atoms with Gasteiger partial charge in [0.2, 0.25) is 0 Å². The number of hydrogen-bond acceptors (Lipinski definition) is 4. The number of nitrogens with zero attached hydrogens (tertiary/aromatic N) is 2. The lowest BCUT2D eigenvalue weighted by atomic mass is 10.2. The second kappa shape index (κ2) is 10.0. The number of carbonyl (C=O) groups excluding carboxylic acids is 1. The van der Waals surface area contributed by atoms with Crippen LogP contribution in [0.5, 0.6) is 0 Å². The molecule has 0 aliphatic rings. The summed E-state index contributed by atoms with van der Waals surface area (Å²) in [5.74, 6) is -0.569. The summed E-state index contributed by atoms with van der Waals surface area (Å²) >= 11 is 6.71. The monoisotopic (exact) mass is 549 g/mol. The highest BCUT2D eigenvalue weighted by molar-refractivity contribution is 9.10. The Morgan fingerprint density at radius 2 is 1.60 bits per heavy atom. The number of rotatable bonds is 7. The van der Waals surface area contributed by atoms with Gasteiger partial charge in [0.25, 0.3) is 15.9 Å². The number of amides is 1. The molecule has 0 saturated carbocycles. The third kappa shape index (κ3) is 5.78. The summed E-state index contributed by atoms with van der Waals surface area (Å²) in [5, 5.41) is 3.93. The van der Waals surface area contributed by atoms with Gasteiger partial charge in [-0.2, -0.15) is 5.10 Å². The molecule has 0 aliphatic heterocycles. The van der Waals surface area contributed by atoms with Gasteiger partial charge in [-0.3, -0.25) is 9.10 Å². The van der Waals surface area contributed by atoms with Crippen LogP contribution in [0, 0.1) is 0 Å². The van der Waals surface area contributed by atoms with Crippen LogP contribution >= 0.6 is 31.9 Å². The number of hydrazone groups is 1. The van der Waals surface area contributed by atoms with Crippen molar-refractivity contribution in [2.75, 3.05) is 10.8 Å². The molecule has 3 rings (SSSR count). The fraction of sp³-hybridized carbons (Fsp3) is 0.0476. The maximum Gasteiger partial charge on any atom is 0.264 e. The molecule has 9 heteroatoms. The van der Waals surface area contributed by atoms with E-state index in [1.807, 2.05) is 24.3 Å². The minimum atomic E-state index is -3.96. The van der Waals surface area contributed by atoms with E-state index >= 15 is 0 Å². The van der Waals surface area contributed by atoms with Crippen molar-refractivity contribution < 1.29 is 13.2 Å². The molecule has 0 radical (unpaired) electrons. The minimum Gasteiger partial charge on any atom is -0.271 e. The van der Waals surface area contributed by atoms with E-state index in [4.69, 9.17) is 0 Å². The molecule has 0 aromatic heterocycles. The zero-order chi connectivity index (χ0) is 21.6. The van der Waals surface area contributed by atoms with Crippen molar-refractivity contribution in [2.24, 2.45) is 5.10 Å². The lowest BCUT2D eigenvalue weighted by molar-refractivity contribution is -0.119. The largest absolute Gasteiger partial charge is 0.271 e. The zero-order valence-electron chi connectivity index (χ0n) is 15.6. The quantitative estimate of drug-likeness (QED) is 0.346. The Morgan fingerprint density at radius 3 is 2.27 bits per heavy atom. The lowest BCUT2D eigenvalue weighted by Crippen LogP contribution is -2.39. The smallest absolute Gasteiger partial charge is 0.264 e. The maximum atomic E-state index is 13.2. The van der Waals surface area contributed by atoms with E-state index in [1.165, 1.54) is 18.3 Å². The van der Waals surface area contributed by atoms with Crippen molar-refractivity contribution in [1.82, 2.24) is 5.43 Å². The van der Waals surface area contributed by atoms with Crippen LogP contribution in [0.3, 0.4) is 0 Å². The number of anilines is 1. The number of nitrogens with one attached hydrogen (secondary N) is 1. The minimum absolute atomic E-state index is 0.0930. The van der Waals surface area contributed by atoms with Gasteiger partial charge in [-0.1, -0.05) is 68.3 Å². The summed E-state index contributed by atoms with van der Waals surface area (Å²) in [6.07, 6.45) is 1.48. The van der Waals surface area contributed by atoms with Gasteiger partial charge in [0.05, 0.1) is 16.8 Å². The van der Waals surface area contributed by atoms with E-state index in [-0.39, 0.29) is 4.90 Å². The fourth-order valence-corrected chi connectivity index (χ4v) is 4.84. The SMILES string of the molecule is O=C(CN(c1cccc(Br)c1)S(=O)(=O)c1ccccc1)N/N=C\c1cccc(Br)c1. The second-order valence-corrected chi connectivity index (χ2v) is 9.85. The standard InChI is InChI=1S/C21H17Br2N3O3S/c22-17-7-4-6-16(12-17)14-24-25-21(27)15-26(19-9-5-8-18(23)13-19)30(28,29)20-10-2-1-3-11-20/h1-14H,15H2,(H,25,27)/b24-14-. The predicted molar refractivity (Wildman–Crippen MR) is 125 cm³/mol. The highest BCUT2D eigenvalue weighted by Gasteiger charge is 2.27. The van der Waals surface area contributed by atoms with E-state index in [1.54, 1.807) is 42.5 Å². The zero-order valence-corrected chi connectivity index (χ0v) is 19.6. The number of sulfonamides is 1. The van der Waals surface area contributed by atoms with Gasteiger partial charge < -0.3 is 0 Å². The Labute approximate surface area is 191 Å². The molecular weight excluding hydrogens is 534 g/mol. The molecule has 0 spiro atoms. The molecule has 30 heavy (non-hydrogen) atoms. The van der Waals surface area contributed by atoms with Gasteiger partial charge in [-0.25, -0.2) is 13.8 Å². The molecule has 6 nitrogen and oxygen atoms in total. The third-order valence-electron chi connectivity index (χ3n) is 3.97. The maximum absolute atomic E-state index is 13.2. The van der Waals surface area contributed by atoms with Gasteiger partial charge in [0, 0.05) is 8.95 Å². The van der Waals surface area contributed by atoms with Crippen molar-refractivity contribution in [3.63, 3.8) is 0 Å². The van der Waals surface area contributed by atoms with Gasteiger partial charge >= 0.3 is 0 Å². The first-order chi connectivity index (χ1) is 14.4. The Balaban J connectivity index is 1.83. The Bertz CT molecular complexity index is 1170. The summed E-state index contributed by atoms with van der Waals surface area (Å²) in [5.41, 5.74) is 3.53. The normalized spacial score (nSPS) is 11.4. The molecule has 0 atom stereocenters. The molecule has 154 valence electrons. The number of hydrogen-bond donors (Lipinski definition) is 1. The van der Waals surface area contributed by atoms with E-state index in [2.05, 4.69) is 42.4 Å².